The van der Waals surface area contributed by atoms with Crippen molar-refractivity contribution in [3.8, 4) is 22.4 Å². The lowest BCUT2D eigenvalue weighted by Gasteiger charge is -2.07. The van der Waals surface area contributed by atoms with E-state index in [4.69, 9.17) is 4.52 Å². The standard InChI is InChI=1S/C17H15NOS/c1-12-16(14-10-6-7-11-15(14)20-2)17(18-19-12)13-8-4-3-5-9-13/h3-11H,1-2H3. The molecule has 0 spiro atoms. The van der Waals surface area contributed by atoms with E-state index in [0.29, 0.717) is 0 Å². The minimum absolute atomic E-state index is 0.852. The topological polar surface area (TPSA) is 26.0 Å². The van der Waals surface area contributed by atoms with Gasteiger partial charge >= 0.3 is 0 Å². The zero-order valence-corrected chi connectivity index (χ0v) is 12.3. The van der Waals surface area contributed by atoms with Gasteiger partial charge in [0.2, 0.25) is 0 Å². The average molecular weight is 281 g/mol. The van der Waals surface area contributed by atoms with Crippen molar-refractivity contribution in [2.75, 3.05) is 6.26 Å². The van der Waals surface area contributed by atoms with Crippen molar-refractivity contribution in [3.05, 3.63) is 60.4 Å². The highest BCUT2D eigenvalue weighted by atomic mass is 32.2. The molecule has 0 radical (unpaired) electrons. The molecular formula is C17H15NOS. The van der Waals surface area contributed by atoms with Crippen LogP contribution in [0.15, 0.2) is 64.0 Å². The van der Waals surface area contributed by atoms with Crippen LogP contribution in [-0.2, 0) is 0 Å². The molecule has 3 rings (SSSR count). The van der Waals surface area contributed by atoms with E-state index in [9.17, 15) is 0 Å². The maximum absolute atomic E-state index is 5.44. The maximum atomic E-state index is 5.44. The summed E-state index contributed by atoms with van der Waals surface area (Å²) in [6.45, 7) is 1.96. The van der Waals surface area contributed by atoms with Crippen LogP contribution in [0.4, 0.5) is 0 Å². The molecule has 1 heterocycles. The molecule has 0 amide bonds. The van der Waals surface area contributed by atoms with Crippen molar-refractivity contribution >= 4 is 11.8 Å². The molecule has 3 aromatic rings. The van der Waals surface area contributed by atoms with Gasteiger partial charge in [-0.25, -0.2) is 0 Å². The second kappa shape index (κ2) is 5.55. The third kappa shape index (κ3) is 2.25. The van der Waals surface area contributed by atoms with Crippen molar-refractivity contribution in [3.63, 3.8) is 0 Å². The van der Waals surface area contributed by atoms with Crippen LogP contribution in [0.3, 0.4) is 0 Å². The molecule has 1 aromatic heterocycles. The van der Waals surface area contributed by atoms with Gasteiger partial charge in [-0.2, -0.15) is 0 Å². The van der Waals surface area contributed by atoms with Gasteiger partial charge in [-0.05, 0) is 19.2 Å². The number of rotatable bonds is 3. The molecular weight excluding hydrogens is 266 g/mol. The van der Waals surface area contributed by atoms with Crippen molar-refractivity contribution in [2.24, 2.45) is 0 Å². The number of aryl methyl sites for hydroxylation is 1. The summed E-state index contributed by atoms with van der Waals surface area (Å²) in [5.74, 6) is 0.852. The Bertz CT molecular complexity index is 719. The molecule has 0 atom stereocenters. The van der Waals surface area contributed by atoms with E-state index in [0.717, 1.165) is 22.6 Å². The Morgan fingerprint density at radius 3 is 2.40 bits per heavy atom. The van der Waals surface area contributed by atoms with Gasteiger partial charge in [0.25, 0.3) is 0 Å². The predicted molar refractivity (Wildman–Crippen MR) is 83.9 cm³/mol. The Morgan fingerprint density at radius 1 is 0.950 bits per heavy atom. The first-order valence-corrected chi connectivity index (χ1v) is 7.69. The summed E-state index contributed by atoms with van der Waals surface area (Å²) in [7, 11) is 0. The van der Waals surface area contributed by atoms with Gasteiger partial charge in [-0.1, -0.05) is 53.7 Å². The van der Waals surface area contributed by atoms with Crippen LogP contribution in [-0.4, -0.2) is 11.4 Å². The zero-order chi connectivity index (χ0) is 13.9. The maximum Gasteiger partial charge on any atom is 0.142 e. The van der Waals surface area contributed by atoms with Gasteiger partial charge in [0.15, 0.2) is 0 Å². The highest BCUT2D eigenvalue weighted by Crippen LogP contribution is 2.38. The monoisotopic (exact) mass is 281 g/mol. The molecule has 0 aliphatic rings. The molecule has 0 aliphatic heterocycles. The normalized spacial score (nSPS) is 10.7. The number of nitrogens with zero attached hydrogens (tertiary/aromatic N) is 1. The summed E-state index contributed by atoms with van der Waals surface area (Å²) in [5.41, 5.74) is 4.25. The summed E-state index contributed by atoms with van der Waals surface area (Å²) >= 11 is 1.74. The summed E-state index contributed by atoms with van der Waals surface area (Å²) in [5, 5.41) is 4.25. The lowest BCUT2D eigenvalue weighted by atomic mass is 9.99. The number of benzene rings is 2. The van der Waals surface area contributed by atoms with Crippen molar-refractivity contribution in [1.29, 1.82) is 0 Å². The van der Waals surface area contributed by atoms with E-state index in [-0.39, 0.29) is 0 Å². The second-order valence-electron chi connectivity index (χ2n) is 4.53. The highest BCUT2D eigenvalue weighted by Gasteiger charge is 2.18. The van der Waals surface area contributed by atoms with Crippen LogP contribution in [0.5, 0.6) is 0 Å². The zero-order valence-electron chi connectivity index (χ0n) is 11.5. The van der Waals surface area contributed by atoms with Gasteiger partial charge in [-0.3, -0.25) is 0 Å². The lowest BCUT2D eigenvalue weighted by Crippen LogP contribution is -1.86. The molecule has 2 nitrogen and oxygen atoms in total. The molecule has 0 unspecified atom stereocenters. The Morgan fingerprint density at radius 2 is 1.65 bits per heavy atom. The minimum Gasteiger partial charge on any atom is -0.360 e. The lowest BCUT2D eigenvalue weighted by molar-refractivity contribution is 0.400. The largest absolute Gasteiger partial charge is 0.360 e. The van der Waals surface area contributed by atoms with Crippen molar-refractivity contribution in [1.82, 2.24) is 5.16 Å². The average Bonchev–Trinajstić information content (AvgIpc) is 2.89. The minimum atomic E-state index is 0.852. The van der Waals surface area contributed by atoms with Crippen LogP contribution >= 0.6 is 11.8 Å². The van der Waals surface area contributed by atoms with E-state index >= 15 is 0 Å². The van der Waals surface area contributed by atoms with E-state index in [1.54, 1.807) is 11.8 Å². The Hall–Kier alpha value is -2.00. The fourth-order valence-electron chi connectivity index (χ4n) is 2.33. The fraction of sp³-hybridized carbons (Fsp3) is 0.118. The van der Waals surface area contributed by atoms with Crippen LogP contribution in [0.2, 0.25) is 0 Å². The number of hydrogen-bond acceptors (Lipinski definition) is 3. The quantitative estimate of drug-likeness (QED) is 0.629. The Kier molecular flexibility index (Phi) is 3.61. The fourth-order valence-corrected chi connectivity index (χ4v) is 2.94. The first-order valence-electron chi connectivity index (χ1n) is 6.46. The van der Waals surface area contributed by atoms with E-state index < -0.39 is 0 Å². The number of thioether (sulfide) groups is 1. The van der Waals surface area contributed by atoms with E-state index in [1.807, 2.05) is 25.1 Å². The third-order valence-corrected chi connectivity index (χ3v) is 4.08. The molecule has 20 heavy (non-hydrogen) atoms. The van der Waals surface area contributed by atoms with Gasteiger partial charge in [-0.15, -0.1) is 11.8 Å². The van der Waals surface area contributed by atoms with E-state index in [1.165, 1.54) is 10.5 Å². The third-order valence-electron chi connectivity index (χ3n) is 3.29. The van der Waals surface area contributed by atoms with Crippen molar-refractivity contribution < 1.29 is 4.52 Å². The summed E-state index contributed by atoms with van der Waals surface area (Å²) in [4.78, 5) is 1.23. The molecule has 0 saturated carbocycles. The molecule has 2 aromatic carbocycles. The van der Waals surface area contributed by atoms with Crippen molar-refractivity contribution in [2.45, 2.75) is 11.8 Å². The first kappa shape index (κ1) is 13.0. The van der Waals surface area contributed by atoms with Crippen LogP contribution in [0.25, 0.3) is 22.4 Å². The first-order chi connectivity index (χ1) is 9.81. The molecule has 0 bridgehead atoms. The molecule has 3 heteroatoms. The number of aromatic nitrogens is 1. The Labute approximate surface area is 122 Å². The van der Waals surface area contributed by atoms with Crippen LogP contribution in [0.1, 0.15) is 5.76 Å². The van der Waals surface area contributed by atoms with Gasteiger partial charge in [0.05, 0.1) is 5.56 Å². The summed E-state index contributed by atoms with van der Waals surface area (Å²) < 4.78 is 5.44. The highest BCUT2D eigenvalue weighted by molar-refractivity contribution is 7.98. The molecule has 0 aliphatic carbocycles. The molecule has 0 N–H and O–H groups in total. The molecule has 100 valence electrons. The molecule has 0 fully saturated rings. The number of hydrogen-bond donors (Lipinski definition) is 0. The van der Waals surface area contributed by atoms with Gasteiger partial charge < -0.3 is 4.52 Å². The Balaban J connectivity index is 2.22. The predicted octanol–water partition coefficient (Wildman–Crippen LogP) is 5.04. The smallest absolute Gasteiger partial charge is 0.142 e. The summed E-state index contributed by atoms with van der Waals surface area (Å²) in [6.07, 6.45) is 2.09. The van der Waals surface area contributed by atoms with Crippen LogP contribution < -0.4 is 0 Å². The van der Waals surface area contributed by atoms with Gasteiger partial charge in [0.1, 0.15) is 11.5 Å². The second-order valence-corrected chi connectivity index (χ2v) is 5.38. The molecule has 0 saturated heterocycles. The van der Waals surface area contributed by atoms with E-state index in [2.05, 4.69) is 47.8 Å². The SMILES string of the molecule is CSc1ccccc1-c1c(-c2ccccc2)noc1C. The van der Waals surface area contributed by atoms with Crippen LogP contribution in [0, 0.1) is 6.92 Å². The summed E-state index contributed by atoms with van der Waals surface area (Å²) in [6, 6.07) is 18.5. The van der Waals surface area contributed by atoms with Gasteiger partial charge in [0, 0.05) is 16.0 Å².